The molecule has 0 saturated heterocycles. The minimum atomic E-state index is -0.263. The fraction of sp³-hybridized carbons (Fsp3) is 0.136. The number of anilines is 1. The van der Waals surface area contributed by atoms with Gasteiger partial charge in [-0.05, 0) is 42.8 Å². The Kier molecular flexibility index (Phi) is 4.09. The van der Waals surface area contributed by atoms with Crippen LogP contribution in [0.3, 0.4) is 0 Å². The summed E-state index contributed by atoms with van der Waals surface area (Å²) < 4.78 is 18.7. The smallest absolute Gasteiger partial charge is 0.170 e. The van der Waals surface area contributed by atoms with E-state index in [1.54, 1.807) is 12.1 Å². The number of hydrogen-bond donors (Lipinski definition) is 0. The molecule has 138 valence electrons. The van der Waals surface area contributed by atoms with Crippen LogP contribution >= 0.6 is 0 Å². The lowest BCUT2D eigenvalue weighted by molar-refractivity contribution is 0.423. The fourth-order valence-corrected chi connectivity index (χ4v) is 3.51. The third-order valence-corrected chi connectivity index (χ3v) is 4.99. The molecule has 0 radical (unpaired) electrons. The van der Waals surface area contributed by atoms with Crippen molar-refractivity contribution in [1.82, 2.24) is 15.4 Å². The van der Waals surface area contributed by atoms with Gasteiger partial charge in [0.1, 0.15) is 11.5 Å². The SMILES string of the molecule is Fc1ccc(-c2onc3c2CCN(c2ccc(-c4ccccc4)nn2)C3)cc1. The molecule has 0 atom stereocenters. The molecule has 4 aromatic rings. The van der Waals surface area contributed by atoms with Gasteiger partial charge >= 0.3 is 0 Å². The van der Waals surface area contributed by atoms with Crippen molar-refractivity contribution < 1.29 is 8.91 Å². The molecule has 2 aromatic carbocycles. The van der Waals surface area contributed by atoms with E-state index in [1.165, 1.54) is 12.1 Å². The summed E-state index contributed by atoms with van der Waals surface area (Å²) in [6.07, 6.45) is 0.785. The van der Waals surface area contributed by atoms with Crippen LogP contribution in [-0.2, 0) is 13.0 Å². The highest BCUT2D eigenvalue weighted by Gasteiger charge is 2.25. The average molecular weight is 372 g/mol. The summed E-state index contributed by atoms with van der Waals surface area (Å²) in [5, 5.41) is 13.0. The second-order valence-corrected chi connectivity index (χ2v) is 6.76. The lowest BCUT2D eigenvalue weighted by Crippen LogP contribution is -2.31. The van der Waals surface area contributed by atoms with Gasteiger partial charge in [-0.2, -0.15) is 0 Å². The van der Waals surface area contributed by atoms with E-state index < -0.39 is 0 Å². The molecule has 0 spiro atoms. The molecule has 0 unspecified atom stereocenters. The first-order valence-corrected chi connectivity index (χ1v) is 9.15. The van der Waals surface area contributed by atoms with Crippen LogP contribution < -0.4 is 4.90 Å². The van der Waals surface area contributed by atoms with Gasteiger partial charge < -0.3 is 9.42 Å². The second-order valence-electron chi connectivity index (χ2n) is 6.76. The number of nitrogens with zero attached hydrogens (tertiary/aromatic N) is 4. The van der Waals surface area contributed by atoms with Gasteiger partial charge in [-0.3, -0.25) is 0 Å². The van der Waals surface area contributed by atoms with Crippen LogP contribution in [0.2, 0.25) is 0 Å². The Morgan fingerprint density at radius 2 is 1.68 bits per heavy atom. The van der Waals surface area contributed by atoms with Crippen molar-refractivity contribution in [3.8, 4) is 22.6 Å². The first kappa shape index (κ1) is 16.6. The Hall–Kier alpha value is -3.54. The number of fused-ring (bicyclic) bond motifs is 1. The molecule has 1 aliphatic rings. The summed E-state index contributed by atoms with van der Waals surface area (Å²) in [5.74, 6) is 1.28. The Balaban J connectivity index is 1.37. The molecule has 2 aromatic heterocycles. The number of hydrogen-bond acceptors (Lipinski definition) is 5. The number of benzene rings is 2. The summed E-state index contributed by atoms with van der Waals surface area (Å²) >= 11 is 0. The molecule has 1 aliphatic heterocycles. The van der Waals surface area contributed by atoms with Gasteiger partial charge in [0.2, 0.25) is 0 Å². The second kappa shape index (κ2) is 6.88. The van der Waals surface area contributed by atoms with Crippen molar-refractivity contribution in [3.05, 3.63) is 83.8 Å². The molecule has 28 heavy (non-hydrogen) atoms. The lowest BCUT2D eigenvalue weighted by Gasteiger charge is -2.26. The van der Waals surface area contributed by atoms with E-state index in [1.807, 2.05) is 42.5 Å². The Labute approximate surface area is 161 Å². The zero-order valence-corrected chi connectivity index (χ0v) is 15.0. The molecule has 6 heteroatoms. The molecule has 0 fully saturated rings. The zero-order valence-electron chi connectivity index (χ0n) is 15.0. The van der Waals surface area contributed by atoms with E-state index in [-0.39, 0.29) is 5.82 Å². The predicted octanol–water partition coefficient (Wildman–Crippen LogP) is 4.50. The van der Waals surface area contributed by atoms with Gasteiger partial charge in [-0.25, -0.2) is 4.39 Å². The standard InChI is InChI=1S/C22H17FN4O/c23-17-8-6-16(7-9-17)22-18-12-13-27(14-20(18)26-28-22)21-11-10-19(24-25-21)15-4-2-1-3-5-15/h1-11H,12-14H2. The van der Waals surface area contributed by atoms with Crippen molar-refractivity contribution in [1.29, 1.82) is 0 Å². The maximum atomic E-state index is 13.2. The van der Waals surface area contributed by atoms with Crippen molar-refractivity contribution in [3.63, 3.8) is 0 Å². The molecular formula is C22H17FN4O. The third kappa shape index (κ3) is 3.03. The lowest BCUT2D eigenvalue weighted by atomic mass is 10.0. The van der Waals surface area contributed by atoms with Crippen molar-refractivity contribution >= 4 is 5.82 Å². The maximum absolute atomic E-state index is 13.2. The predicted molar refractivity (Wildman–Crippen MR) is 104 cm³/mol. The highest BCUT2D eigenvalue weighted by atomic mass is 19.1. The highest BCUT2D eigenvalue weighted by Crippen LogP contribution is 2.31. The zero-order chi connectivity index (χ0) is 18.9. The Morgan fingerprint density at radius 3 is 2.43 bits per heavy atom. The molecule has 0 bridgehead atoms. The van der Waals surface area contributed by atoms with E-state index in [4.69, 9.17) is 4.52 Å². The van der Waals surface area contributed by atoms with Gasteiger partial charge in [-0.15, -0.1) is 10.2 Å². The van der Waals surface area contributed by atoms with Crippen LogP contribution in [0.4, 0.5) is 10.2 Å². The van der Waals surface area contributed by atoms with Gasteiger partial charge in [0, 0.05) is 23.2 Å². The summed E-state index contributed by atoms with van der Waals surface area (Å²) in [6.45, 7) is 1.40. The van der Waals surface area contributed by atoms with Crippen LogP contribution in [0.1, 0.15) is 11.3 Å². The molecule has 5 nitrogen and oxygen atoms in total. The molecule has 3 heterocycles. The van der Waals surface area contributed by atoms with E-state index >= 15 is 0 Å². The Morgan fingerprint density at radius 1 is 0.857 bits per heavy atom. The number of rotatable bonds is 3. The Bertz CT molecular complexity index is 1090. The fourth-order valence-electron chi connectivity index (χ4n) is 3.51. The molecule has 5 rings (SSSR count). The van der Waals surface area contributed by atoms with Crippen LogP contribution in [0.5, 0.6) is 0 Å². The third-order valence-electron chi connectivity index (χ3n) is 4.99. The number of halogens is 1. The van der Waals surface area contributed by atoms with E-state index in [9.17, 15) is 4.39 Å². The van der Waals surface area contributed by atoms with Gasteiger partial charge in [0.05, 0.1) is 12.2 Å². The minimum Gasteiger partial charge on any atom is -0.356 e. The van der Waals surface area contributed by atoms with Crippen LogP contribution in [-0.4, -0.2) is 21.9 Å². The maximum Gasteiger partial charge on any atom is 0.170 e. The average Bonchev–Trinajstić information content (AvgIpc) is 3.18. The first-order chi connectivity index (χ1) is 13.8. The normalized spacial score (nSPS) is 13.4. The van der Waals surface area contributed by atoms with Crippen molar-refractivity contribution in [2.24, 2.45) is 0 Å². The van der Waals surface area contributed by atoms with Crippen LogP contribution in [0, 0.1) is 5.82 Å². The molecule has 0 aliphatic carbocycles. The van der Waals surface area contributed by atoms with Gasteiger partial charge in [0.25, 0.3) is 0 Å². The van der Waals surface area contributed by atoms with E-state index in [0.29, 0.717) is 6.54 Å². The molecule has 0 amide bonds. The molecule has 0 saturated carbocycles. The summed E-state index contributed by atoms with van der Waals surface area (Å²) in [4.78, 5) is 2.14. The van der Waals surface area contributed by atoms with Gasteiger partial charge in [0.15, 0.2) is 11.6 Å². The van der Waals surface area contributed by atoms with Crippen molar-refractivity contribution in [2.45, 2.75) is 13.0 Å². The monoisotopic (exact) mass is 372 g/mol. The summed E-state index contributed by atoms with van der Waals surface area (Å²) in [7, 11) is 0. The minimum absolute atomic E-state index is 0.263. The van der Waals surface area contributed by atoms with Crippen molar-refractivity contribution in [2.75, 3.05) is 11.4 Å². The largest absolute Gasteiger partial charge is 0.356 e. The van der Waals surface area contributed by atoms with E-state index in [0.717, 1.165) is 52.6 Å². The molecule has 0 N–H and O–H groups in total. The summed E-state index contributed by atoms with van der Waals surface area (Å²) in [5.41, 5.74) is 4.71. The molecular weight excluding hydrogens is 355 g/mol. The van der Waals surface area contributed by atoms with E-state index in [2.05, 4.69) is 20.3 Å². The van der Waals surface area contributed by atoms with Crippen LogP contribution in [0.25, 0.3) is 22.6 Å². The van der Waals surface area contributed by atoms with Gasteiger partial charge in [-0.1, -0.05) is 35.5 Å². The quantitative estimate of drug-likeness (QED) is 0.530. The topological polar surface area (TPSA) is 55.1 Å². The number of aromatic nitrogens is 3. The summed E-state index contributed by atoms with van der Waals surface area (Å²) in [6, 6.07) is 20.3. The highest BCUT2D eigenvalue weighted by molar-refractivity contribution is 5.64. The van der Waals surface area contributed by atoms with Crippen LogP contribution in [0.15, 0.2) is 71.3 Å². The first-order valence-electron chi connectivity index (χ1n) is 9.15.